The molecule has 0 aliphatic heterocycles. The molecule has 0 radical (unpaired) electrons. The minimum Gasteiger partial charge on any atom is -0.489 e. The summed E-state index contributed by atoms with van der Waals surface area (Å²) >= 11 is 0. The molecular formula is C11H15NO. The predicted octanol–water partition coefficient (Wildman–Crippen LogP) is 2.49. The fourth-order valence-electron chi connectivity index (χ4n) is 1.28. The van der Waals surface area contributed by atoms with E-state index in [0.29, 0.717) is 6.10 Å². The predicted molar refractivity (Wildman–Crippen MR) is 52.0 cm³/mol. The first-order chi connectivity index (χ1) is 6.29. The minimum atomic E-state index is 0.466. The first-order valence-electron chi connectivity index (χ1n) is 4.91. The van der Waals surface area contributed by atoms with Gasteiger partial charge in [-0.15, -0.1) is 0 Å². The van der Waals surface area contributed by atoms with Crippen LogP contribution in [0.25, 0.3) is 0 Å². The molecule has 1 aromatic heterocycles. The van der Waals surface area contributed by atoms with Crippen molar-refractivity contribution in [3.63, 3.8) is 0 Å². The van der Waals surface area contributed by atoms with Crippen LogP contribution in [0.2, 0.25) is 0 Å². The van der Waals surface area contributed by atoms with E-state index in [1.165, 1.54) is 18.4 Å². The number of ether oxygens (including phenoxy) is 1. The van der Waals surface area contributed by atoms with E-state index in [9.17, 15) is 0 Å². The van der Waals surface area contributed by atoms with Gasteiger partial charge in [-0.25, -0.2) is 0 Å². The Morgan fingerprint density at radius 2 is 2.31 bits per heavy atom. The molecule has 0 N–H and O–H groups in total. The summed E-state index contributed by atoms with van der Waals surface area (Å²) in [5, 5.41) is 0. The van der Waals surface area contributed by atoms with Crippen molar-refractivity contribution in [2.45, 2.75) is 39.2 Å². The molecule has 0 unspecified atom stereocenters. The third-order valence-electron chi connectivity index (χ3n) is 2.30. The van der Waals surface area contributed by atoms with Gasteiger partial charge in [-0.1, -0.05) is 6.92 Å². The molecule has 0 saturated heterocycles. The average molecular weight is 177 g/mol. The molecule has 0 aromatic carbocycles. The average Bonchev–Trinajstić information content (AvgIpc) is 2.92. The maximum atomic E-state index is 5.69. The van der Waals surface area contributed by atoms with E-state index in [-0.39, 0.29) is 0 Å². The Labute approximate surface area is 78.9 Å². The van der Waals surface area contributed by atoms with E-state index in [1.54, 1.807) is 0 Å². The van der Waals surface area contributed by atoms with Gasteiger partial charge >= 0.3 is 0 Å². The maximum Gasteiger partial charge on any atom is 0.140 e. The van der Waals surface area contributed by atoms with Crippen LogP contribution in [0.1, 0.15) is 31.0 Å². The first-order valence-corrected chi connectivity index (χ1v) is 4.91. The van der Waals surface area contributed by atoms with E-state index in [2.05, 4.69) is 24.9 Å². The summed E-state index contributed by atoms with van der Waals surface area (Å²) in [5.41, 5.74) is 2.35. The van der Waals surface area contributed by atoms with E-state index >= 15 is 0 Å². The van der Waals surface area contributed by atoms with Gasteiger partial charge in [0.2, 0.25) is 0 Å². The molecule has 1 heterocycles. The highest BCUT2D eigenvalue weighted by molar-refractivity contribution is 5.31. The molecule has 2 nitrogen and oxygen atoms in total. The summed E-state index contributed by atoms with van der Waals surface area (Å²) in [5.74, 6) is 0.958. The lowest BCUT2D eigenvalue weighted by Crippen LogP contribution is -1.99. The number of nitrogens with zero attached hydrogens (tertiary/aromatic N) is 1. The van der Waals surface area contributed by atoms with Crippen molar-refractivity contribution >= 4 is 0 Å². The molecule has 1 aromatic rings. The van der Waals surface area contributed by atoms with Crippen molar-refractivity contribution in [3.8, 4) is 5.75 Å². The number of hydrogen-bond donors (Lipinski definition) is 0. The molecule has 0 amide bonds. The summed E-state index contributed by atoms with van der Waals surface area (Å²) in [6, 6.07) is 2.11. The van der Waals surface area contributed by atoms with Crippen molar-refractivity contribution in [1.29, 1.82) is 0 Å². The first kappa shape index (κ1) is 8.54. The van der Waals surface area contributed by atoms with E-state index in [1.807, 2.05) is 6.20 Å². The lowest BCUT2D eigenvalue weighted by atomic mass is 10.2. The van der Waals surface area contributed by atoms with E-state index in [4.69, 9.17) is 4.74 Å². The van der Waals surface area contributed by atoms with Crippen LogP contribution in [0, 0.1) is 6.92 Å². The number of hydrogen-bond acceptors (Lipinski definition) is 2. The monoisotopic (exact) mass is 177 g/mol. The van der Waals surface area contributed by atoms with Crippen molar-refractivity contribution in [2.75, 3.05) is 0 Å². The summed E-state index contributed by atoms with van der Waals surface area (Å²) in [6.07, 6.45) is 5.72. The highest BCUT2D eigenvalue weighted by Crippen LogP contribution is 2.28. The van der Waals surface area contributed by atoms with E-state index in [0.717, 1.165) is 17.9 Å². The zero-order valence-corrected chi connectivity index (χ0v) is 8.21. The van der Waals surface area contributed by atoms with Crippen LogP contribution >= 0.6 is 0 Å². The van der Waals surface area contributed by atoms with Crippen LogP contribution in [0.5, 0.6) is 5.75 Å². The zero-order valence-electron chi connectivity index (χ0n) is 8.21. The quantitative estimate of drug-likeness (QED) is 0.707. The fourth-order valence-corrected chi connectivity index (χ4v) is 1.28. The van der Waals surface area contributed by atoms with Gasteiger partial charge in [0.1, 0.15) is 5.75 Å². The summed E-state index contributed by atoms with van der Waals surface area (Å²) in [4.78, 5) is 4.31. The minimum absolute atomic E-state index is 0.466. The number of pyridine rings is 1. The SMILES string of the molecule is CCc1cc(C)c(OC2CC2)cn1. The second-order valence-electron chi connectivity index (χ2n) is 3.61. The molecule has 0 bridgehead atoms. The van der Waals surface area contributed by atoms with Gasteiger partial charge in [-0.2, -0.15) is 0 Å². The van der Waals surface area contributed by atoms with E-state index < -0.39 is 0 Å². The molecule has 13 heavy (non-hydrogen) atoms. The van der Waals surface area contributed by atoms with Crippen molar-refractivity contribution in [2.24, 2.45) is 0 Å². The topological polar surface area (TPSA) is 22.1 Å². The Bertz CT molecular complexity index is 305. The Hall–Kier alpha value is -1.05. The van der Waals surface area contributed by atoms with Gasteiger partial charge in [0.15, 0.2) is 0 Å². The normalized spacial score (nSPS) is 15.8. The highest BCUT2D eigenvalue weighted by Gasteiger charge is 2.24. The molecule has 1 aliphatic rings. The van der Waals surface area contributed by atoms with Gasteiger partial charge in [0.05, 0.1) is 12.3 Å². The molecular weight excluding hydrogens is 162 g/mol. The van der Waals surface area contributed by atoms with Crippen LogP contribution in [-0.2, 0) is 6.42 Å². The number of aryl methyl sites for hydroxylation is 2. The van der Waals surface area contributed by atoms with Crippen molar-refractivity contribution in [3.05, 3.63) is 23.5 Å². The number of rotatable bonds is 3. The molecule has 0 atom stereocenters. The highest BCUT2D eigenvalue weighted by atomic mass is 16.5. The van der Waals surface area contributed by atoms with Crippen LogP contribution in [-0.4, -0.2) is 11.1 Å². The Morgan fingerprint density at radius 3 is 2.85 bits per heavy atom. The second kappa shape index (κ2) is 3.36. The molecule has 0 spiro atoms. The third-order valence-corrected chi connectivity index (χ3v) is 2.30. The summed E-state index contributed by atoms with van der Waals surface area (Å²) in [6.45, 7) is 4.20. The summed E-state index contributed by atoms with van der Waals surface area (Å²) in [7, 11) is 0. The molecule has 2 rings (SSSR count). The van der Waals surface area contributed by atoms with Gasteiger partial charge in [0.25, 0.3) is 0 Å². The molecule has 1 saturated carbocycles. The lowest BCUT2D eigenvalue weighted by molar-refractivity contribution is 0.299. The fraction of sp³-hybridized carbons (Fsp3) is 0.545. The second-order valence-corrected chi connectivity index (χ2v) is 3.61. The smallest absolute Gasteiger partial charge is 0.140 e. The lowest BCUT2D eigenvalue weighted by Gasteiger charge is -2.07. The standard InChI is InChI=1S/C11H15NO/c1-3-9-6-8(2)11(7-12-9)13-10-4-5-10/h6-7,10H,3-5H2,1-2H3. The van der Waals surface area contributed by atoms with Gasteiger partial charge in [-0.3, -0.25) is 4.98 Å². The molecule has 1 aliphatic carbocycles. The van der Waals surface area contributed by atoms with Crippen LogP contribution in [0.4, 0.5) is 0 Å². The van der Waals surface area contributed by atoms with Gasteiger partial charge < -0.3 is 4.74 Å². The van der Waals surface area contributed by atoms with Gasteiger partial charge in [-0.05, 0) is 37.8 Å². The van der Waals surface area contributed by atoms with Crippen LogP contribution in [0.3, 0.4) is 0 Å². The Balaban J connectivity index is 2.15. The van der Waals surface area contributed by atoms with Crippen LogP contribution in [0.15, 0.2) is 12.3 Å². The Kier molecular flexibility index (Phi) is 2.21. The molecule has 2 heteroatoms. The third kappa shape index (κ3) is 2.00. The Morgan fingerprint density at radius 1 is 1.54 bits per heavy atom. The van der Waals surface area contributed by atoms with Crippen molar-refractivity contribution in [1.82, 2.24) is 4.98 Å². The van der Waals surface area contributed by atoms with Gasteiger partial charge in [0, 0.05) is 5.69 Å². The van der Waals surface area contributed by atoms with Crippen LogP contribution < -0.4 is 4.74 Å². The molecule has 1 fully saturated rings. The maximum absolute atomic E-state index is 5.69. The van der Waals surface area contributed by atoms with Crippen molar-refractivity contribution < 1.29 is 4.74 Å². The summed E-state index contributed by atoms with van der Waals surface area (Å²) < 4.78 is 5.69. The number of aromatic nitrogens is 1. The largest absolute Gasteiger partial charge is 0.489 e. The molecule has 70 valence electrons. The zero-order chi connectivity index (χ0) is 9.26.